The zero-order valence-corrected chi connectivity index (χ0v) is 13.4. The summed E-state index contributed by atoms with van der Waals surface area (Å²) in [6, 6.07) is 5.32. The van der Waals surface area contributed by atoms with E-state index < -0.39 is 22.2 Å². The molecule has 1 fully saturated rings. The molecule has 5 nitrogen and oxygen atoms in total. The number of hydrogen-bond acceptors (Lipinski definition) is 4. The fraction of sp³-hybridized carbons (Fsp3) is 0.538. The Hall–Kier alpha value is -0.960. The van der Waals surface area contributed by atoms with Gasteiger partial charge in [0.2, 0.25) is 10.0 Å². The third kappa shape index (κ3) is 4.28. The first-order chi connectivity index (χ1) is 9.88. The van der Waals surface area contributed by atoms with Gasteiger partial charge < -0.3 is 10.5 Å². The number of halogens is 3. The number of hydrogen-bond donors (Lipinski definition) is 2. The molecule has 1 aromatic rings. The van der Waals surface area contributed by atoms with Gasteiger partial charge in [-0.1, -0.05) is 25.0 Å². The van der Waals surface area contributed by atoms with Crippen molar-refractivity contribution in [3.63, 3.8) is 0 Å². The number of ether oxygens (including phenoxy) is 1. The molecule has 1 aliphatic carbocycles. The van der Waals surface area contributed by atoms with Crippen LogP contribution < -0.4 is 15.2 Å². The van der Waals surface area contributed by atoms with Gasteiger partial charge in [0.05, 0.1) is 0 Å². The molecule has 0 unspecified atom stereocenters. The molecule has 0 saturated heterocycles. The highest BCUT2D eigenvalue weighted by Crippen LogP contribution is 2.32. The molecule has 0 bridgehead atoms. The topological polar surface area (TPSA) is 81.4 Å². The minimum Gasteiger partial charge on any atom is -0.433 e. The van der Waals surface area contributed by atoms with E-state index in [1.807, 2.05) is 0 Å². The van der Waals surface area contributed by atoms with Gasteiger partial charge in [-0.05, 0) is 25.0 Å². The fourth-order valence-electron chi connectivity index (χ4n) is 2.61. The van der Waals surface area contributed by atoms with E-state index in [9.17, 15) is 17.2 Å². The van der Waals surface area contributed by atoms with Gasteiger partial charge in [-0.3, -0.25) is 0 Å². The summed E-state index contributed by atoms with van der Waals surface area (Å²) in [6.45, 7) is -2.92. The number of nitrogens with one attached hydrogen (secondary N) is 1. The van der Waals surface area contributed by atoms with Gasteiger partial charge in [0.1, 0.15) is 10.6 Å². The Morgan fingerprint density at radius 2 is 1.86 bits per heavy atom. The molecule has 0 aromatic heterocycles. The van der Waals surface area contributed by atoms with E-state index in [0.717, 1.165) is 12.8 Å². The average molecular weight is 357 g/mol. The first kappa shape index (κ1) is 19.1. The minimum atomic E-state index is -3.98. The predicted octanol–water partition coefficient (Wildman–Crippen LogP) is 2.26. The number of para-hydroxylation sites is 1. The molecule has 0 aliphatic heterocycles. The third-order valence-electron chi connectivity index (χ3n) is 3.66. The maximum atomic E-state index is 12.5. The van der Waals surface area contributed by atoms with Crippen LogP contribution in [0.3, 0.4) is 0 Å². The molecule has 1 saturated carbocycles. The second-order valence-electron chi connectivity index (χ2n) is 5.12. The van der Waals surface area contributed by atoms with Crippen molar-refractivity contribution in [1.29, 1.82) is 0 Å². The minimum absolute atomic E-state index is 0. The normalized spacial score (nSPS) is 17.3. The molecule has 0 spiro atoms. The second-order valence-corrected chi connectivity index (χ2v) is 6.77. The predicted molar refractivity (Wildman–Crippen MR) is 80.9 cm³/mol. The van der Waals surface area contributed by atoms with Gasteiger partial charge in [-0.15, -0.1) is 12.4 Å². The molecule has 0 radical (unpaired) electrons. The van der Waals surface area contributed by atoms with Gasteiger partial charge in [-0.2, -0.15) is 8.78 Å². The van der Waals surface area contributed by atoms with Crippen molar-refractivity contribution in [3.05, 3.63) is 24.3 Å². The molecule has 0 atom stereocenters. The lowest BCUT2D eigenvalue weighted by Crippen LogP contribution is -2.51. The molecule has 0 amide bonds. The average Bonchev–Trinajstić information content (AvgIpc) is 2.87. The van der Waals surface area contributed by atoms with Crippen LogP contribution in [-0.2, 0) is 10.0 Å². The first-order valence-electron chi connectivity index (χ1n) is 6.66. The molecule has 22 heavy (non-hydrogen) atoms. The van der Waals surface area contributed by atoms with Crippen LogP contribution in [0.25, 0.3) is 0 Å². The molecule has 2 rings (SSSR count). The number of benzene rings is 1. The summed E-state index contributed by atoms with van der Waals surface area (Å²) in [5, 5.41) is 0. The van der Waals surface area contributed by atoms with E-state index in [1.165, 1.54) is 24.3 Å². The monoisotopic (exact) mass is 356 g/mol. The summed E-state index contributed by atoms with van der Waals surface area (Å²) in [5.41, 5.74) is 5.00. The summed E-state index contributed by atoms with van der Waals surface area (Å²) in [6.07, 6.45) is 3.05. The zero-order chi connectivity index (χ0) is 15.5. The fourth-order valence-corrected chi connectivity index (χ4v) is 4.21. The summed E-state index contributed by atoms with van der Waals surface area (Å²) in [7, 11) is -3.98. The highest BCUT2D eigenvalue weighted by atomic mass is 35.5. The maximum Gasteiger partial charge on any atom is 0.387 e. The van der Waals surface area contributed by atoms with Crippen LogP contribution in [0.2, 0.25) is 0 Å². The van der Waals surface area contributed by atoms with Gasteiger partial charge in [-0.25, -0.2) is 13.1 Å². The summed E-state index contributed by atoms with van der Waals surface area (Å²) in [4.78, 5) is -0.301. The van der Waals surface area contributed by atoms with E-state index in [2.05, 4.69) is 9.46 Å². The Bertz CT molecular complexity index is 593. The van der Waals surface area contributed by atoms with E-state index in [-0.39, 0.29) is 29.6 Å². The van der Waals surface area contributed by atoms with Crippen molar-refractivity contribution >= 4 is 22.4 Å². The van der Waals surface area contributed by atoms with Crippen molar-refractivity contribution in [2.45, 2.75) is 42.7 Å². The largest absolute Gasteiger partial charge is 0.433 e. The van der Waals surface area contributed by atoms with Crippen LogP contribution in [0.4, 0.5) is 8.78 Å². The van der Waals surface area contributed by atoms with Crippen molar-refractivity contribution in [3.8, 4) is 5.75 Å². The van der Waals surface area contributed by atoms with Crippen molar-refractivity contribution < 1.29 is 21.9 Å². The Morgan fingerprint density at radius 1 is 1.27 bits per heavy atom. The molecule has 1 aliphatic rings. The molecule has 0 heterocycles. The quantitative estimate of drug-likeness (QED) is 0.819. The number of sulfonamides is 1. The maximum absolute atomic E-state index is 12.5. The lowest BCUT2D eigenvalue weighted by molar-refractivity contribution is -0.0517. The summed E-state index contributed by atoms with van der Waals surface area (Å²) in [5.74, 6) is -0.370. The number of nitrogens with two attached hydrogens (primary N) is 1. The summed E-state index contributed by atoms with van der Waals surface area (Å²) >= 11 is 0. The second kappa shape index (κ2) is 7.54. The highest BCUT2D eigenvalue weighted by Gasteiger charge is 2.37. The summed E-state index contributed by atoms with van der Waals surface area (Å²) < 4.78 is 56.5. The molecular formula is C13H19ClF2N2O3S. The van der Waals surface area contributed by atoms with E-state index >= 15 is 0 Å². The lowest BCUT2D eigenvalue weighted by Gasteiger charge is -2.28. The van der Waals surface area contributed by atoms with E-state index in [4.69, 9.17) is 5.73 Å². The van der Waals surface area contributed by atoms with Gasteiger partial charge in [0, 0.05) is 12.1 Å². The van der Waals surface area contributed by atoms with Crippen LogP contribution in [0, 0.1) is 0 Å². The molecule has 3 N–H and O–H groups in total. The van der Waals surface area contributed by atoms with Crippen molar-refractivity contribution in [2.75, 3.05) is 6.54 Å². The Kier molecular flexibility index (Phi) is 6.54. The molecule has 126 valence electrons. The van der Waals surface area contributed by atoms with E-state index in [1.54, 1.807) is 0 Å². The Morgan fingerprint density at radius 3 is 2.41 bits per heavy atom. The molecule has 1 aromatic carbocycles. The molecule has 9 heteroatoms. The molecular weight excluding hydrogens is 338 g/mol. The Labute approximate surface area is 134 Å². The SMILES string of the molecule is Cl.NCC1(NS(=O)(=O)c2ccccc2OC(F)F)CCCC1. The van der Waals surface area contributed by atoms with Crippen molar-refractivity contribution in [1.82, 2.24) is 4.72 Å². The smallest absolute Gasteiger partial charge is 0.387 e. The van der Waals surface area contributed by atoms with Crippen LogP contribution in [-0.4, -0.2) is 27.1 Å². The lowest BCUT2D eigenvalue weighted by atomic mass is 10.0. The zero-order valence-electron chi connectivity index (χ0n) is 11.8. The van der Waals surface area contributed by atoms with Crippen molar-refractivity contribution in [2.24, 2.45) is 5.73 Å². The number of alkyl halides is 2. The van der Waals surface area contributed by atoms with E-state index in [0.29, 0.717) is 12.8 Å². The third-order valence-corrected chi connectivity index (χ3v) is 5.28. The Balaban J connectivity index is 0.00000242. The van der Waals surface area contributed by atoms with Gasteiger partial charge >= 0.3 is 6.61 Å². The van der Waals surface area contributed by atoms with Crippen LogP contribution in [0.5, 0.6) is 5.75 Å². The van der Waals surface area contributed by atoms with Crippen LogP contribution in [0.1, 0.15) is 25.7 Å². The number of rotatable bonds is 6. The first-order valence-corrected chi connectivity index (χ1v) is 8.15. The standard InChI is InChI=1S/C13H18F2N2O3S.ClH/c14-12(15)20-10-5-1-2-6-11(10)21(18,19)17-13(9-16)7-3-4-8-13;/h1-2,5-6,12,17H,3-4,7-9,16H2;1H. The van der Waals surface area contributed by atoms with Crippen LogP contribution >= 0.6 is 12.4 Å². The van der Waals surface area contributed by atoms with Crippen LogP contribution in [0.15, 0.2) is 29.2 Å². The van der Waals surface area contributed by atoms with Gasteiger partial charge in [0.25, 0.3) is 0 Å². The van der Waals surface area contributed by atoms with Gasteiger partial charge in [0.15, 0.2) is 0 Å². The highest BCUT2D eigenvalue weighted by molar-refractivity contribution is 7.89.